The SMILES string of the molecule is O=S(=O)(O)c1ccc(Cl)cc1.O=S(=O)(O)c1ccc(Cl)cc1Cl. The van der Waals surface area contributed by atoms with E-state index in [-0.39, 0.29) is 14.8 Å². The molecule has 23 heavy (non-hydrogen) atoms. The van der Waals surface area contributed by atoms with Crippen molar-refractivity contribution in [3.05, 3.63) is 57.5 Å². The van der Waals surface area contributed by atoms with Crippen LogP contribution in [0, 0.1) is 0 Å². The van der Waals surface area contributed by atoms with Crippen LogP contribution in [0.1, 0.15) is 0 Å². The zero-order valence-electron chi connectivity index (χ0n) is 11.0. The molecule has 11 heteroatoms. The number of benzene rings is 2. The van der Waals surface area contributed by atoms with E-state index in [0.717, 1.165) is 6.07 Å². The van der Waals surface area contributed by atoms with Crippen LogP contribution in [0.4, 0.5) is 0 Å². The Hall–Kier alpha value is -0.870. The van der Waals surface area contributed by atoms with Crippen LogP contribution in [0.25, 0.3) is 0 Å². The van der Waals surface area contributed by atoms with Gasteiger partial charge in [0.05, 0.1) is 9.92 Å². The van der Waals surface area contributed by atoms with E-state index < -0.39 is 20.2 Å². The monoisotopic (exact) mass is 418 g/mol. The topological polar surface area (TPSA) is 109 Å². The highest BCUT2D eigenvalue weighted by Crippen LogP contribution is 2.24. The van der Waals surface area contributed by atoms with Crippen LogP contribution in [-0.4, -0.2) is 25.9 Å². The second-order valence-corrected chi connectivity index (χ2v) is 8.07. The molecule has 0 atom stereocenters. The van der Waals surface area contributed by atoms with E-state index >= 15 is 0 Å². The summed E-state index contributed by atoms with van der Waals surface area (Å²) in [6.45, 7) is 0. The summed E-state index contributed by atoms with van der Waals surface area (Å²) >= 11 is 16.5. The van der Waals surface area contributed by atoms with E-state index in [4.69, 9.17) is 43.9 Å². The van der Waals surface area contributed by atoms with Gasteiger partial charge in [-0.05, 0) is 42.5 Å². The minimum atomic E-state index is -4.24. The van der Waals surface area contributed by atoms with E-state index in [1.54, 1.807) is 0 Å². The van der Waals surface area contributed by atoms with Gasteiger partial charge in [0, 0.05) is 10.0 Å². The Bertz CT molecular complexity index is 893. The molecule has 0 saturated carbocycles. The summed E-state index contributed by atoms with van der Waals surface area (Å²) in [5.41, 5.74) is 0. The van der Waals surface area contributed by atoms with Gasteiger partial charge >= 0.3 is 0 Å². The molecule has 0 aliphatic heterocycles. The molecule has 0 amide bonds. The largest absolute Gasteiger partial charge is 0.296 e. The third-order valence-corrected chi connectivity index (χ3v) is 4.97. The van der Waals surface area contributed by atoms with Crippen molar-refractivity contribution in [1.29, 1.82) is 0 Å². The first-order chi connectivity index (χ1) is 10.4. The summed E-state index contributed by atoms with van der Waals surface area (Å²) in [7, 11) is -8.32. The van der Waals surface area contributed by atoms with Crippen LogP contribution in [0.5, 0.6) is 0 Å². The summed E-state index contributed by atoms with van der Waals surface area (Å²) in [5, 5.41) is 0.648. The van der Waals surface area contributed by atoms with E-state index in [1.807, 2.05) is 0 Å². The van der Waals surface area contributed by atoms with Gasteiger partial charge in [0.25, 0.3) is 20.2 Å². The van der Waals surface area contributed by atoms with Crippen molar-refractivity contribution in [2.24, 2.45) is 0 Å². The highest BCUT2D eigenvalue weighted by atomic mass is 35.5. The Morgan fingerprint density at radius 3 is 1.57 bits per heavy atom. The van der Waals surface area contributed by atoms with Crippen molar-refractivity contribution in [3.63, 3.8) is 0 Å². The zero-order valence-corrected chi connectivity index (χ0v) is 14.9. The first kappa shape index (κ1) is 20.2. The van der Waals surface area contributed by atoms with E-state index in [1.165, 1.54) is 36.4 Å². The Morgan fingerprint density at radius 2 is 1.17 bits per heavy atom. The fourth-order valence-corrected chi connectivity index (χ4v) is 3.14. The summed E-state index contributed by atoms with van der Waals surface area (Å²) in [6.07, 6.45) is 0. The summed E-state index contributed by atoms with van der Waals surface area (Å²) < 4.78 is 59.2. The number of hydrogen-bond donors (Lipinski definition) is 2. The minimum Gasteiger partial charge on any atom is -0.282 e. The van der Waals surface area contributed by atoms with Gasteiger partial charge in [-0.25, -0.2) is 0 Å². The van der Waals surface area contributed by atoms with Crippen LogP contribution in [0.3, 0.4) is 0 Å². The van der Waals surface area contributed by atoms with Crippen molar-refractivity contribution >= 4 is 55.0 Å². The highest BCUT2D eigenvalue weighted by Gasteiger charge is 2.13. The van der Waals surface area contributed by atoms with Gasteiger partial charge in [-0.2, -0.15) is 16.8 Å². The standard InChI is InChI=1S/C6H4Cl2O3S.C6H5ClO3S/c7-4-1-2-6(5(8)3-4)12(9,10)11;7-5-1-3-6(4-2-5)11(8,9)10/h1-3H,(H,9,10,11);1-4H,(H,8,9,10). The number of halogens is 3. The molecular weight excluding hydrogens is 411 g/mol. The third kappa shape index (κ3) is 6.64. The molecule has 0 spiro atoms. The van der Waals surface area contributed by atoms with Gasteiger partial charge in [-0.3, -0.25) is 9.11 Å². The van der Waals surface area contributed by atoms with Crippen LogP contribution >= 0.6 is 34.8 Å². The normalized spacial score (nSPS) is 11.5. The lowest BCUT2D eigenvalue weighted by Gasteiger charge is -1.99. The zero-order chi connectivity index (χ0) is 17.8. The maximum atomic E-state index is 10.6. The Kier molecular flexibility index (Phi) is 6.84. The molecule has 0 aliphatic rings. The van der Waals surface area contributed by atoms with E-state index in [0.29, 0.717) is 10.0 Å². The van der Waals surface area contributed by atoms with Crippen molar-refractivity contribution < 1.29 is 25.9 Å². The maximum absolute atomic E-state index is 10.6. The molecule has 2 aromatic carbocycles. The van der Waals surface area contributed by atoms with E-state index in [2.05, 4.69) is 0 Å². The molecule has 6 nitrogen and oxygen atoms in total. The fourth-order valence-electron chi connectivity index (χ4n) is 1.29. The Balaban J connectivity index is 0.000000231. The molecule has 2 rings (SSSR count). The smallest absolute Gasteiger partial charge is 0.282 e. The highest BCUT2D eigenvalue weighted by molar-refractivity contribution is 7.86. The molecule has 0 bridgehead atoms. The predicted molar refractivity (Wildman–Crippen MR) is 87.5 cm³/mol. The number of hydrogen-bond acceptors (Lipinski definition) is 4. The molecule has 0 saturated heterocycles. The second kappa shape index (κ2) is 7.80. The first-order valence-electron chi connectivity index (χ1n) is 5.57. The second-order valence-electron chi connectivity index (χ2n) is 3.98. The Morgan fingerprint density at radius 1 is 0.696 bits per heavy atom. The molecule has 0 fully saturated rings. The van der Waals surface area contributed by atoms with Crippen LogP contribution in [-0.2, 0) is 20.2 Å². The molecule has 0 aliphatic carbocycles. The molecule has 0 radical (unpaired) electrons. The number of rotatable bonds is 2. The van der Waals surface area contributed by atoms with Gasteiger partial charge in [0.1, 0.15) is 4.90 Å². The quantitative estimate of drug-likeness (QED) is 0.716. The lowest BCUT2D eigenvalue weighted by atomic mass is 10.4. The predicted octanol–water partition coefficient (Wildman–Crippen LogP) is 3.83. The van der Waals surface area contributed by atoms with Gasteiger partial charge in [0.15, 0.2) is 0 Å². The van der Waals surface area contributed by atoms with E-state index in [9.17, 15) is 16.8 Å². The minimum absolute atomic E-state index is 0.0926. The van der Waals surface area contributed by atoms with Crippen LogP contribution in [0.15, 0.2) is 52.3 Å². The van der Waals surface area contributed by atoms with Gasteiger partial charge in [0.2, 0.25) is 0 Å². The lowest BCUT2D eigenvalue weighted by Crippen LogP contribution is -1.98. The van der Waals surface area contributed by atoms with Crippen LogP contribution in [0.2, 0.25) is 15.1 Å². The molecule has 0 unspecified atom stereocenters. The van der Waals surface area contributed by atoms with Crippen molar-refractivity contribution in [2.75, 3.05) is 0 Å². The van der Waals surface area contributed by atoms with Crippen molar-refractivity contribution in [1.82, 2.24) is 0 Å². The average molecular weight is 420 g/mol. The first-order valence-corrected chi connectivity index (χ1v) is 9.58. The maximum Gasteiger partial charge on any atom is 0.296 e. The van der Waals surface area contributed by atoms with Crippen molar-refractivity contribution in [3.8, 4) is 0 Å². The molecule has 0 heterocycles. The molecule has 2 aromatic rings. The lowest BCUT2D eigenvalue weighted by molar-refractivity contribution is 0.481. The Labute approximate surface area is 148 Å². The summed E-state index contributed by atoms with van der Waals surface area (Å²) in [6, 6.07) is 8.97. The van der Waals surface area contributed by atoms with Gasteiger partial charge in [-0.1, -0.05) is 34.8 Å². The third-order valence-electron chi connectivity index (χ3n) is 2.28. The van der Waals surface area contributed by atoms with Gasteiger partial charge < -0.3 is 0 Å². The van der Waals surface area contributed by atoms with Gasteiger partial charge in [-0.15, -0.1) is 0 Å². The average Bonchev–Trinajstić information content (AvgIpc) is 2.37. The summed E-state index contributed by atoms with van der Waals surface area (Å²) in [4.78, 5) is -0.490. The van der Waals surface area contributed by atoms with Crippen molar-refractivity contribution in [2.45, 2.75) is 9.79 Å². The molecule has 126 valence electrons. The summed E-state index contributed by atoms with van der Waals surface area (Å²) in [5.74, 6) is 0. The molecule has 2 N–H and O–H groups in total. The van der Waals surface area contributed by atoms with Crippen LogP contribution < -0.4 is 0 Å². The fraction of sp³-hybridized carbons (Fsp3) is 0. The molecule has 0 aromatic heterocycles. The molecular formula is C12H9Cl3O6S2.